The van der Waals surface area contributed by atoms with Gasteiger partial charge in [0.25, 0.3) is 0 Å². The molecule has 0 unspecified atom stereocenters. The molecule has 0 saturated carbocycles. The maximum atomic E-state index is 13.4. The molecule has 0 atom stereocenters. The van der Waals surface area contributed by atoms with Gasteiger partial charge in [-0.3, -0.25) is 4.79 Å². The van der Waals surface area contributed by atoms with Crippen LogP contribution in [0.1, 0.15) is 19.3 Å². The van der Waals surface area contributed by atoms with Crippen molar-refractivity contribution in [3.63, 3.8) is 0 Å². The van der Waals surface area contributed by atoms with E-state index < -0.39 is 5.82 Å². The molecular formula is C14H21FN2O2S. The molecule has 0 aliphatic rings. The molecule has 0 bridgehead atoms. The van der Waals surface area contributed by atoms with E-state index >= 15 is 0 Å². The zero-order valence-electron chi connectivity index (χ0n) is 11.7. The van der Waals surface area contributed by atoms with Crippen molar-refractivity contribution in [2.45, 2.75) is 19.3 Å². The number of ether oxygens (including phenoxy) is 1. The van der Waals surface area contributed by atoms with E-state index in [4.69, 9.17) is 10.5 Å². The molecule has 1 amide bonds. The Labute approximate surface area is 123 Å². The van der Waals surface area contributed by atoms with Gasteiger partial charge in [0.15, 0.2) is 0 Å². The molecule has 0 aromatic heterocycles. The molecule has 0 saturated heterocycles. The molecule has 0 fully saturated rings. The molecular weight excluding hydrogens is 279 g/mol. The van der Waals surface area contributed by atoms with E-state index in [0.29, 0.717) is 12.1 Å². The number of nitrogen functional groups attached to an aromatic ring is 1. The van der Waals surface area contributed by atoms with Crippen LogP contribution in [0, 0.1) is 5.82 Å². The lowest BCUT2D eigenvalue weighted by molar-refractivity contribution is -0.116. The molecule has 4 nitrogen and oxygen atoms in total. The van der Waals surface area contributed by atoms with Gasteiger partial charge in [0.2, 0.25) is 5.91 Å². The molecule has 0 spiro atoms. The first-order valence-electron chi connectivity index (χ1n) is 6.55. The Morgan fingerprint density at radius 2 is 2.15 bits per heavy atom. The van der Waals surface area contributed by atoms with Crippen molar-refractivity contribution in [1.82, 2.24) is 0 Å². The summed E-state index contributed by atoms with van der Waals surface area (Å²) in [7, 11) is 1.68. The largest absolute Gasteiger partial charge is 0.399 e. The number of rotatable bonds is 9. The SMILES string of the molecule is COCCCSCCCC(=O)Nc1cc(N)ccc1F. The Morgan fingerprint density at radius 1 is 1.40 bits per heavy atom. The highest BCUT2D eigenvalue weighted by molar-refractivity contribution is 7.99. The van der Waals surface area contributed by atoms with Crippen LogP contribution in [0.25, 0.3) is 0 Å². The van der Waals surface area contributed by atoms with Crippen LogP contribution in [0.4, 0.5) is 15.8 Å². The van der Waals surface area contributed by atoms with Crippen LogP contribution >= 0.6 is 11.8 Å². The minimum atomic E-state index is -0.471. The lowest BCUT2D eigenvalue weighted by Crippen LogP contribution is -2.13. The van der Waals surface area contributed by atoms with Gasteiger partial charge in [-0.2, -0.15) is 11.8 Å². The number of carbonyl (C=O) groups excluding carboxylic acids is 1. The second-order valence-electron chi connectivity index (χ2n) is 4.35. The Hall–Kier alpha value is -1.27. The van der Waals surface area contributed by atoms with Crippen molar-refractivity contribution < 1.29 is 13.9 Å². The van der Waals surface area contributed by atoms with Gasteiger partial charge in [0, 0.05) is 25.8 Å². The van der Waals surface area contributed by atoms with E-state index in [2.05, 4.69) is 5.32 Å². The molecule has 0 aliphatic heterocycles. The minimum absolute atomic E-state index is 0.141. The zero-order valence-corrected chi connectivity index (χ0v) is 12.5. The van der Waals surface area contributed by atoms with E-state index in [0.717, 1.165) is 31.0 Å². The highest BCUT2D eigenvalue weighted by atomic mass is 32.2. The molecule has 6 heteroatoms. The first-order chi connectivity index (χ1) is 9.63. The second kappa shape index (κ2) is 9.61. The summed E-state index contributed by atoms with van der Waals surface area (Å²) in [5.74, 6) is 1.28. The molecule has 112 valence electrons. The van der Waals surface area contributed by atoms with Crippen molar-refractivity contribution in [2.75, 3.05) is 36.3 Å². The fraction of sp³-hybridized carbons (Fsp3) is 0.500. The summed E-state index contributed by atoms with van der Waals surface area (Å²) in [5, 5.41) is 2.54. The van der Waals surface area contributed by atoms with Crippen LogP contribution in [0.2, 0.25) is 0 Å². The summed E-state index contributed by atoms with van der Waals surface area (Å²) in [6.07, 6.45) is 2.17. The van der Waals surface area contributed by atoms with Gasteiger partial charge < -0.3 is 15.8 Å². The zero-order chi connectivity index (χ0) is 14.8. The Morgan fingerprint density at radius 3 is 2.90 bits per heavy atom. The average Bonchev–Trinajstić information content (AvgIpc) is 2.42. The highest BCUT2D eigenvalue weighted by Gasteiger charge is 2.07. The van der Waals surface area contributed by atoms with E-state index in [1.165, 1.54) is 18.2 Å². The topological polar surface area (TPSA) is 64.3 Å². The molecule has 0 aliphatic carbocycles. The monoisotopic (exact) mass is 300 g/mol. The summed E-state index contributed by atoms with van der Waals surface area (Å²) in [4.78, 5) is 11.7. The van der Waals surface area contributed by atoms with Gasteiger partial charge in [-0.15, -0.1) is 0 Å². The smallest absolute Gasteiger partial charge is 0.224 e. The molecule has 1 rings (SSSR count). The Bertz CT molecular complexity index is 430. The van der Waals surface area contributed by atoms with Gasteiger partial charge in [-0.1, -0.05) is 0 Å². The van der Waals surface area contributed by atoms with Gasteiger partial charge in [0.1, 0.15) is 5.82 Å². The first-order valence-corrected chi connectivity index (χ1v) is 7.70. The van der Waals surface area contributed by atoms with Gasteiger partial charge in [-0.05, 0) is 42.5 Å². The van der Waals surface area contributed by atoms with E-state index in [1.54, 1.807) is 18.9 Å². The third-order valence-electron chi connectivity index (χ3n) is 2.59. The molecule has 0 heterocycles. The number of nitrogens with one attached hydrogen (secondary N) is 1. The fourth-order valence-corrected chi connectivity index (χ4v) is 2.47. The van der Waals surface area contributed by atoms with Crippen molar-refractivity contribution in [3.05, 3.63) is 24.0 Å². The van der Waals surface area contributed by atoms with Crippen molar-refractivity contribution in [2.24, 2.45) is 0 Å². The second-order valence-corrected chi connectivity index (χ2v) is 5.57. The van der Waals surface area contributed by atoms with Crippen LogP contribution in [0.5, 0.6) is 0 Å². The van der Waals surface area contributed by atoms with Gasteiger partial charge in [0.05, 0.1) is 5.69 Å². The van der Waals surface area contributed by atoms with Crippen molar-refractivity contribution in [3.8, 4) is 0 Å². The lowest BCUT2D eigenvalue weighted by atomic mass is 10.2. The van der Waals surface area contributed by atoms with Crippen LogP contribution < -0.4 is 11.1 Å². The summed E-state index contributed by atoms with van der Waals surface area (Å²) in [6.45, 7) is 0.766. The molecule has 1 aromatic rings. The number of hydrogen-bond donors (Lipinski definition) is 2. The van der Waals surface area contributed by atoms with Crippen LogP contribution in [-0.4, -0.2) is 31.1 Å². The minimum Gasteiger partial charge on any atom is -0.399 e. The standard InChI is InChI=1S/C14H21FN2O2S/c1-19-7-3-9-20-8-2-4-14(18)17-13-10-11(16)5-6-12(13)15/h5-6,10H,2-4,7-9,16H2,1H3,(H,17,18). The molecule has 1 aromatic carbocycles. The van der Waals surface area contributed by atoms with Gasteiger partial charge >= 0.3 is 0 Å². The number of methoxy groups -OCH3 is 1. The van der Waals surface area contributed by atoms with Crippen LogP contribution in [-0.2, 0) is 9.53 Å². The summed E-state index contributed by atoms with van der Waals surface area (Å²) in [6, 6.07) is 4.13. The number of amides is 1. The fourth-order valence-electron chi connectivity index (χ4n) is 1.59. The Balaban J connectivity index is 2.19. The number of thioether (sulfide) groups is 1. The quantitative estimate of drug-likeness (QED) is 0.544. The summed E-state index contributed by atoms with van der Waals surface area (Å²) >= 11 is 1.79. The van der Waals surface area contributed by atoms with Crippen molar-refractivity contribution in [1.29, 1.82) is 0 Å². The molecule has 0 radical (unpaired) electrons. The van der Waals surface area contributed by atoms with Crippen LogP contribution in [0.3, 0.4) is 0 Å². The van der Waals surface area contributed by atoms with E-state index in [9.17, 15) is 9.18 Å². The van der Waals surface area contributed by atoms with E-state index in [1.807, 2.05) is 0 Å². The number of anilines is 2. The summed E-state index contributed by atoms with van der Waals surface area (Å²) in [5.41, 5.74) is 6.12. The predicted octanol–water partition coefficient (Wildman–Crippen LogP) is 2.90. The van der Waals surface area contributed by atoms with Gasteiger partial charge in [-0.25, -0.2) is 4.39 Å². The van der Waals surface area contributed by atoms with Crippen molar-refractivity contribution >= 4 is 29.0 Å². The molecule has 20 heavy (non-hydrogen) atoms. The third-order valence-corrected chi connectivity index (χ3v) is 3.75. The Kier molecular flexibility index (Phi) is 8.06. The maximum absolute atomic E-state index is 13.4. The number of benzene rings is 1. The molecule has 3 N–H and O–H groups in total. The normalized spacial score (nSPS) is 10.5. The van der Waals surface area contributed by atoms with E-state index in [-0.39, 0.29) is 11.6 Å². The van der Waals surface area contributed by atoms with Crippen LogP contribution in [0.15, 0.2) is 18.2 Å². The summed E-state index contributed by atoms with van der Waals surface area (Å²) < 4.78 is 18.4. The third kappa shape index (κ3) is 6.77. The predicted molar refractivity (Wildman–Crippen MR) is 82.5 cm³/mol. The lowest BCUT2D eigenvalue weighted by Gasteiger charge is -2.07. The number of carbonyl (C=O) groups is 1. The maximum Gasteiger partial charge on any atom is 0.224 e. The first kappa shape index (κ1) is 16.8. The number of hydrogen-bond acceptors (Lipinski definition) is 4. The number of nitrogens with two attached hydrogens (primary N) is 1. The average molecular weight is 300 g/mol. The number of halogens is 1. The highest BCUT2D eigenvalue weighted by Crippen LogP contribution is 2.18.